The van der Waals surface area contributed by atoms with E-state index in [-0.39, 0.29) is 0 Å². The van der Waals surface area contributed by atoms with Gasteiger partial charge in [0.2, 0.25) is 0 Å². The molecule has 0 aromatic carbocycles. The summed E-state index contributed by atoms with van der Waals surface area (Å²) < 4.78 is 0.530. The number of nitrogens with one attached hydrogen (secondary N) is 1. The first-order valence-corrected chi connectivity index (χ1v) is 1.98. The van der Waals surface area contributed by atoms with Crippen LogP contribution >= 0.6 is 0 Å². The van der Waals surface area contributed by atoms with E-state index in [1.54, 1.807) is 12.4 Å². The Balaban J connectivity index is 3.05. The molecule has 36 valence electrons. The van der Waals surface area contributed by atoms with Crippen molar-refractivity contribution in [2.75, 3.05) is 0 Å². The van der Waals surface area contributed by atoms with Crippen molar-refractivity contribution in [2.24, 2.45) is 0 Å². The Hall–Kier alpha value is -0.271. The van der Waals surface area contributed by atoms with Crippen molar-refractivity contribution < 1.29 is 16.0 Å². The van der Waals surface area contributed by atoms with E-state index in [2.05, 4.69) is 9.97 Å². The summed E-state index contributed by atoms with van der Waals surface area (Å²) in [6, 6.07) is 0. The van der Waals surface area contributed by atoms with Crippen LogP contribution in [0.4, 0.5) is 0 Å². The van der Waals surface area contributed by atoms with Crippen LogP contribution in [-0.4, -0.2) is 9.97 Å². The molecule has 1 heterocycles. The number of rotatable bonds is 0. The summed E-state index contributed by atoms with van der Waals surface area (Å²) in [6.07, 6.45) is 3.31. The number of hydrogen-bond donors (Lipinski definition) is 1. The Bertz CT molecular complexity index is 112. The van der Waals surface area contributed by atoms with Crippen molar-refractivity contribution >= 4 is 4.72 Å². The molecule has 3 heteroatoms. The molecule has 1 rings (SSSR count). The third-order valence-electron chi connectivity index (χ3n) is 0.444. The van der Waals surface area contributed by atoms with Crippen LogP contribution < -0.4 is 4.72 Å². The van der Waals surface area contributed by atoms with Crippen LogP contribution in [0.1, 0.15) is 0 Å². The van der Waals surface area contributed by atoms with Gasteiger partial charge in [-0.3, -0.25) is 0 Å². The van der Waals surface area contributed by atoms with Gasteiger partial charge in [-0.2, -0.15) is 0 Å². The first kappa shape index (κ1) is 3.90. The van der Waals surface area contributed by atoms with Crippen LogP contribution in [-0.2, 0) is 16.0 Å². The molecule has 0 aliphatic carbocycles. The van der Waals surface area contributed by atoms with Gasteiger partial charge in [0.1, 0.15) is 0 Å². The van der Waals surface area contributed by atoms with E-state index >= 15 is 0 Å². The van der Waals surface area contributed by atoms with Gasteiger partial charge in [-0.1, -0.05) is 0 Å². The third kappa shape index (κ3) is 0.614. The van der Waals surface area contributed by atoms with E-state index in [1.165, 1.54) is 0 Å². The molecule has 0 saturated heterocycles. The fourth-order valence-corrected chi connectivity index (χ4v) is 0.383. The molecule has 0 unspecified atom stereocenters. The zero-order valence-corrected chi connectivity index (χ0v) is 3.85. The molecule has 0 aliphatic rings. The molecule has 1 aromatic rings. The van der Waals surface area contributed by atoms with Gasteiger partial charge in [0.15, 0.2) is 0 Å². The van der Waals surface area contributed by atoms with Crippen molar-refractivity contribution in [1.29, 1.82) is 0 Å². The maximum absolute atomic E-state index is 4.71. The summed E-state index contributed by atoms with van der Waals surface area (Å²) in [5.41, 5.74) is 0. The average Bonchev–Trinajstić information content (AvgIpc) is 1.86. The van der Waals surface area contributed by atoms with Gasteiger partial charge < -0.3 is 0 Å². The molecule has 0 bridgehead atoms. The fourth-order valence-electron chi connectivity index (χ4n) is 0.234. The normalized spacial score (nSPS) is 9.00. The number of hydrogen-bond acceptors (Lipinski definition) is 1. The number of aromatic amines is 1. The van der Waals surface area contributed by atoms with Crippen molar-refractivity contribution in [3.8, 4) is 0 Å². The van der Waals surface area contributed by atoms with Gasteiger partial charge in [0.05, 0.1) is 0 Å². The predicted molar refractivity (Wildman–Crippen MR) is 18.2 cm³/mol. The molecule has 1 N–H and O–H groups in total. The second kappa shape index (κ2) is 1.45. The standard InChI is InChI=1S/C3H3N2.Cu/c1-2-5-3-4-1;/h1-2H,(H,4,5);. The molecule has 6 heavy (non-hydrogen) atoms. The van der Waals surface area contributed by atoms with Crippen molar-refractivity contribution in [2.45, 2.75) is 0 Å². The quantitative estimate of drug-likeness (QED) is 0.475. The van der Waals surface area contributed by atoms with E-state index in [0.717, 1.165) is 0 Å². The Morgan fingerprint density at radius 1 is 1.83 bits per heavy atom. The van der Waals surface area contributed by atoms with E-state index in [1.807, 2.05) is 0 Å². The molecule has 0 spiro atoms. The van der Waals surface area contributed by atoms with Crippen LogP contribution in [0, 0.1) is 0 Å². The summed E-state index contributed by atoms with van der Waals surface area (Å²) in [5.74, 6) is 0. The molecule has 0 saturated carbocycles. The van der Waals surface area contributed by atoms with Crippen LogP contribution in [0.3, 0.4) is 0 Å². The van der Waals surface area contributed by atoms with Crippen molar-refractivity contribution in [3.63, 3.8) is 0 Å². The number of nitrogens with zero attached hydrogens (tertiary/aromatic N) is 1. The first-order valence-electron chi connectivity index (χ1n) is 1.50. The first-order chi connectivity index (χ1) is 2.89. The van der Waals surface area contributed by atoms with Gasteiger partial charge in [-0.05, 0) is 0 Å². The molecule has 0 amide bonds. The molecule has 2 nitrogen and oxygen atoms in total. The second-order valence-corrected chi connectivity index (χ2v) is 1.29. The molecule has 0 radical (unpaired) electrons. The zero-order valence-electron chi connectivity index (χ0n) is 2.90. The predicted octanol–water partition coefficient (Wildman–Crippen LogP) is -0.418. The van der Waals surface area contributed by atoms with Crippen molar-refractivity contribution in [1.82, 2.24) is 9.97 Å². The van der Waals surface area contributed by atoms with Crippen LogP contribution in [0.2, 0.25) is 0 Å². The molecular formula is C3H3CuN2. The topological polar surface area (TPSA) is 28.7 Å². The monoisotopic (exact) mass is 130 g/mol. The third-order valence-corrected chi connectivity index (χ3v) is 0.701. The molecule has 0 fully saturated rings. The molecular weight excluding hydrogens is 128 g/mol. The Morgan fingerprint density at radius 3 is 2.83 bits per heavy atom. The molecule has 1 aromatic heterocycles. The number of imidazole rings is 1. The van der Waals surface area contributed by atoms with E-state index in [4.69, 9.17) is 16.0 Å². The Labute approximate surface area is 43.8 Å². The van der Waals surface area contributed by atoms with E-state index in [9.17, 15) is 0 Å². The summed E-state index contributed by atoms with van der Waals surface area (Å²) in [7, 11) is 0. The van der Waals surface area contributed by atoms with Crippen LogP contribution in [0.5, 0.6) is 0 Å². The van der Waals surface area contributed by atoms with Crippen molar-refractivity contribution in [3.05, 3.63) is 12.4 Å². The van der Waals surface area contributed by atoms with Crippen LogP contribution in [0.15, 0.2) is 12.4 Å². The fraction of sp³-hybridized carbons (Fsp3) is 0. The second-order valence-electron chi connectivity index (χ2n) is 0.844. The van der Waals surface area contributed by atoms with Gasteiger partial charge in [-0.15, -0.1) is 0 Å². The SMILES string of the molecule is [Cu][c]1ncc[nH]1. The zero-order chi connectivity index (χ0) is 4.41. The summed E-state index contributed by atoms with van der Waals surface area (Å²) >= 11 is 4.71. The van der Waals surface area contributed by atoms with Gasteiger partial charge >= 0.3 is 43.1 Å². The summed E-state index contributed by atoms with van der Waals surface area (Å²) in [6.45, 7) is 0. The summed E-state index contributed by atoms with van der Waals surface area (Å²) in [4.78, 5) is 6.36. The maximum atomic E-state index is 4.71. The van der Waals surface area contributed by atoms with E-state index < -0.39 is 0 Å². The molecule has 0 aliphatic heterocycles. The number of aromatic nitrogens is 2. The Morgan fingerprint density at radius 2 is 2.67 bits per heavy atom. The van der Waals surface area contributed by atoms with Crippen LogP contribution in [0.25, 0.3) is 0 Å². The summed E-state index contributed by atoms with van der Waals surface area (Å²) in [5, 5.41) is 0. The minimum atomic E-state index is 0.530. The van der Waals surface area contributed by atoms with Gasteiger partial charge in [0.25, 0.3) is 0 Å². The van der Waals surface area contributed by atoms with Gasteiger partial charge in [0, 0.05) is 0 Å². The van der Waals surface area contributed by atoms with E-state index in [0.29, 0.717) is 4.72 Å². The van der Waals surface area contributed by atoms with Gasteiger partial charge in [-0.25, -0.2) is 0 Å². The average molecular weight is 131 g/mol. The molecule has 0 atom stereocenters. The Kier molecular flexibility index (Phi) is 0.945. The minimum absolute atomic E-state index is 0.530. The number of H-pyrrole nitrogens is 1.